The van der Waals surface area contributed by atoms with Crippen LogP contribution in [0.1, 0.15) is 41.1 Å². The number of nitrogens with zero attached hydrogens (tertiary/aromatic N) is 2. The van der Waals surface area contributed by atoms with Crippen molar-refractivity contribution in [2.75, 3.05) is 0 Å². The second kappa shape index (κ2) is 6.10. The number of rotatable bonds is 4. The maximum absolute atomic E-state index is 10.5. The Kier molecular flexibility index (Phi) is 4.66. The lowest BCUT2D eigenvalue weighted by Crippen LogP contribution is -2.07. The Labute approximate surface area is 128 Å². The quantitative estimate of drug-likeness (QED) is 0.925. The van der Waals surface area contributed by atoms with Gasteiger partial charge in [-0.15, -0.1) is 0 Å². The molecule has 1 aromatic heterocycles. The highest BCUT2D eigenvalue weighted by Gasteiger charge is 2.17. The van der Waals surface area contributed by atoms with Gasteiger partial charge in [0, 0.05) is 13.5 Å². The van der Waals surface area contributed by atoms with Gasteiger partial charge >= 0.3 is 0 Å². The third kappa shape index (κ3) is 3.13. The van der Waals surface area contributed by atoms with Crippen molar-refractivity contribution in [2.45, 2.75) is 39.7 Å². The molecule has 1 atom stereocenters. The second-order valence-electron chi connectivity index (χ2n) is 5.33. The lowest BCUT2D eigenvalue weighted by Gasteiger charge is -2.13. The van der Waals surface area contributed by atoms with Crippen molar-refractivity contribution in [1.29, 1.82) is 0 Å². The van der Waals surface area contributed by atoms with Gasteiger partial charge in [-0.3, -0.25) is 4.68 Å². The summed E-state index contributed by atoms with van der Waals surface area (Å²) in [6, 6.07) is 6.21. The van der Waals surface area contributed by atoms with Crippen molar-refractivity contribution in [1.82, 2.24) is 9.78 Å². The maximum Gasteiger partial charge on any atom is 0.0845 e. The van der Waals surface area contributed by atoms with E-state index < -0.39 is 6.10 Å². The fourth-order valence-electron chi connectivity index (χ4n) is 2.54. The zero-order valence-electron chi connectivity index (χ0n) is 12.4. The number of aryl methyl sites for hydroxylation is 4. The molecule has 0 bridgehead atoms. The third-order valence-corrected chi connectivity index (χ3v) is 4.43. The maximum atomic E-state index is 10.5. The third-order valence-electron chi connectivity index (χ3n) is 3.52. The van der Waals surface area contributed by atoms with Crippen molar-refractivity contribution in [3.8, 4) is 0 Å². The Hall–Kier alpha value is -1.13. The molecule has 0 radical (unpaired) electrons. The first-order valence-corrected chi connectivity index (χ1v) is 7.68. The molecule has 0 saturated heterocycles. The first-order chi connectivity index (χ1) is 9.42. The van der Waals surface area contributed by atoms with Gasteiger partial charge in [0.2, 0.25) is 0 Å². The van der Waals surface area contributed by atoms with Crippen LogP contribution in [0.25, 0.3) is 0 Å². The number of hydrogen-bond donors (Lipinski definition) is 1. The van der Waals surface area contributed by atoms with Crippen molar-refractivity contribution < 1.29 is 5.11 Å². The van der Waals surface area contributed by atoms with Gasteiger partial charge in [-0.25, -0.2) is 0 Å². The van der Waals surface area contributed by atoms with Gasteiger partial charge in [-0.2, -0.15) is 5.10 Å². The van der Waals surface area contributed by atoms with E-state index in [1.54, 1.807) is 0 Å². The van der Waals surface area contributed by atoms with Gasteiger partial charge in [0.05, 0.1) is 22.0 Å². The van der Waals surface area contributed by atoms with E-state index in [1.165, 1.54) is 11.1 Å². The molecule has 108 valence electrons. The summed E-state index contributed by atoms with van der Waals surface area (Å²) in [6.45, 7) is 6.19. The minimum Gasteiger partial charge on any atom is -0.388 e. The Bertz CT molecular complexity index is 599. The van der Waals surface area contributed by atoms with E-state index in [0.717, 1.165) is 27.8 Å². The molecule has 0 aliphatic carbocycles. The summed E-state index contributed by atoms with van der Waals surface area (Å²) in [6.07, 6.45) is 0.936. The highest BCUT2D eigenvalue weighted by molar-refractivity contribution is 9.10. The summed E-state index contributed by atoms with van der Waals surface area (Å²) in [5.41, 5.74) is 5.40. The minimum absolute atomic E-state index is 0.509. The number of hydrogen-bond acceptors (Lipinski definition) is 2. The molecule has 1 N–H and O–H groups in total. The number of aliphatic hydroxyl groups is 1. The van der Waals surface area contributed by atoms with Crippen LogP contribution in [0.4, 0.5) is 0 Å². The first-order valence-electron chi connectivity index (χ1n) is 6.88. The molecule has 1 unspecified atom stereocenters. The molecule has 3 nitrogen and oxygen atoms in total. The van der Waals surface area contributed by atoms with Gasteiger partial charge < -0.3 is 5.11 Å². The van der Waals surface area contributed by atoms with Crippen LogP contribution >= 0.6 is 15.9 Å². The number of aromatic nitrogens is 2. The smallest absolute Gasteiger partial charge is 0.0845 e. The number of benzene rings is 1. The van der Waals surface area contributed by atoms with E-state index in [9.17, 15) is 5.11 Å². The molecule has 20 heavy (non-hydrogen) atoms. The van der Waals surface area contributed by atoms with E-state index in [1.807, 2.05) is 23.9 Å². The van der Waals surface area contributed by atoms with Crippen LogP contribution in [-0.2, 0) is 19.9 Å². The second-order valence-corrected chi connectivity index (χ2v) is 6.12. The molecule has 1 heterocycles. The van der Waals surface area contributed by atoms with Crippen LogP contribution in [-0.4, -0.2) is 14.9 Å². The Balaban J connectivity index is 2.27. The minimum atomic E-state index is -0.509. The fourth-order valence-corrected chi connectivity index (χ4v) is 3.32. The van der Waals surface area contributed by atoms with Gasteiger partial charge in [0.25, 0.3) is 0 Å². The highest BCUT2D eigenvalue weighted by Crippen LogP contribution is 2.27. The lowest BCUT2D eigenvalue weighted by molar-refractivity contribution is 0.175. The average Bonchev–Trinajstić information content (AvgIpc) is 2.65. The topological polar surface area (TPSA) is 38.0 Å². The molecule has 0 aliphatic rings. The summed E-state index contributed by atoms with van der Waals surface area (Å²) in [5.74, 6) is 0. The first kappa shape index (κ1) is 15.3. The Morgan fingerprint density at radius 1 is 1.25 bits per heavy atom. The van der Waals surface area contributed by atoms with E-state index in [4.69, 9.17) is 0 Å². The van der Waals surface area contributed by atoms with Crippen LogP contribution in [0.2, 0.25) is 0 Å². The average molecular weight is 337 g/mol. The van der Waals surface area contributed by atoms with Crippen molar-refractivity contribution >= 4 is 15.9 Å². The molecule has 0 aliphatic heterocycles. The van der Waals surface area contributed by atoms with Gasteiger partial charge in [0.15, 0.2) is 0 Å². The fraction of sp³-hybridized carbons (Fsp3) is 0.438. The molecule has 0 saturated carbocycles. The molecule has 1 aromatic carbocycles. The van der Waals surface area contributed by atoms with Gasteiger partial charge in [-0.05, 0) is 41.8 Å². The van der Waals surface area contributed by atoms with E-state index >= 15 is 0 Å². The molecule has 4 heteroatoms. The summed E-state index contributed by atoms with van der Waals surface area (Å²) in [5, 5.41) is 15.0. The Morgan fingerprint density at radius 2 is 1.85 bits per heavy atom. The summed E-state index contributed by atoms with van der Waals surface area (Å²) >= 11 is 3.60. The molecule has 2 aromatic rings. The van der Waals surface area contributed by atoms with Crippen LogP contribution < -0.4 is 0 Å². The molecule has 0 spiro atoms. The zero-order chi connectivity index (χ0) is 14.9. The molecule has 0 fully saturated rings. The van der Waals surface area contributed by atoms with Crippen LogP contribution in [0, 0.1) is 13.8 Å². The normalized spacial score (nSPS) is 12.7. The molecule has 0 amide bonds. The van der Waals surface area contributed by atoms with Crippen LogP contribution in [0.3, 0.4) is 0 Å². The number of halogens is 1. The summed E-state index contributed by atoms with van der Waals surface area (Å²) in [7, 11) is 1.92. The van der Waals surface area contributed by atoms with Crippen molar-refractivity contribution in [3.05, 3.63) is 50.8 Å². The van der Waals surface area contributed by atoms with E-state index in [-0.39, 0.29) is 0 Å². The zero-order valence-corrected chi connectivity index (χ0v) is 14.0. The van der Waals surface area contributed by atoms with Crippen LogP contribution in [0.5, 0.6) is 0 Å². The largest absolute Gasteiger partial charge is 0.388 e. The van der Waals surface area contributed by atoms with Crippen LogP contribution in [0.15, 0.2) is 22.7 Å². The number of aliphatic hydroxyl groups excluding tert-OH is 1. The summed E-state index contributed by atoms with van der Waals surface area (Å²) in [4.78, 5) is 0. The molecule has 2 rings (SSSR count). The van der Waals surface area contributed by atoms with Crippen molar-refractivity contribution in [3.63, 3.8) is 0 Å². The predicted molar refractivity (Wildman–Crippen MR) is 84.9 cm³/mol. The van der Waals surface area contributed by atoms with Crippen molar-refractivity contribution in [2.24, 2.45) is 7.05 Å². The lowest BCUT2D eigenvalue weighted by atomic mass is 10.00. The van der Waals surface area contributed by atoms with E-state index in [0.29, 0.717) is 6.42 Å². The SMILES string of the molecule is CCc1nn(C)c(CC(O)c2cc(C)cc(C)c2)c1Br. The Morgan fingerprint density at radius 3 is 2.35 bits per heavy atom. The van der Waals surface area contributed by atoms with Gasteiger partial charge in [0.1, 0.15) is 0 Å². The highest BCUT2D eigenvalue weighted by atomic mass is 79.9. The summed E-state index contributed by atoms with van der Waals surface area (Å²) < 4.78 is 2.88. The standard InChI is InChI=1S/C16H21BrN2O/c1-5-13-16(17)14(19(4)18-13)9-15(20)12-7-10(2)6-11(3)8-12/h6-8,15,20H,5,9H2,1-4H3. The van der Waals surface area contributed by atoms with E-state index in [2.05, 4.69) is 47.9 Å². The van der Waals surface area contributed by atoms with Gasteiger partial charge in [-0.1, -0.05) is 36.2 Å². The molecular formula is C16H21BrN2O. The monoisotopic (exact) mass is 336 g/mol. The molecular weight excluding hydrogens is 316 g/mol. The predicted octanol–water partition coefficient (Wildman–Crippen LogP) is 3.64.